The third-order valence-corrected chi connectivity index (χ3v) is 13.3. The van der Waals surface area contributed by atoms with E-state index in [9.17, 15) is 15.3 Å². The van der Waals surface area contributed by atoms with Gasteiger partial charge in [-0.3, -0.25) is 0 Å². The van der Waals surface area contributed by atoms with Crippen LogP contribution in [0.2, 0.25) is 5.04 Å². The molecule has 0 aliphatic rings. The number of phenols is 1. The molecule has 0 aliphatic heterocycles. The topological polar surface area (TPSA) is 79.2 Å². The molecule has 0 fully saturated rings. The number of aliphatic hydroxyl groups is 2. The molecule has 2 atom stereocenters. The highest BCUT2D eigenvalue weighted by Crippen LogP contribution is 2.37. The van der Waals surface area contributed by atoms with Crippen LogP contribution in [0.4, 0.5) is 0 Å². The third kappa shape index (κ3) is 8.04. The van der Waals surface area contributed by atoms with Gasteiger partial charge in [-0.25, -0.2) is 0 Å². The lowest BCUT2D eigenvalue weighted by Crippen LogP contribution is -2.66. The Bertz CT molecular complexity index is 1540. The van der Waals surface area contributed by atoms with Crippen molar-refractivity contribution in [3.8, 4) is 11.5 Å². The molecular formula is C39H46O5Si. The van der Waals surface area contributed by atoms with Gasteiger partial charge >= 0.3 is 0 Å². The monoisotopic (exact) mass is 622 g/mol. The van der Waals surface area contributed by atoms with Gasteiger partial charge in [-0.1, -0.05) is 93.6 Å². The van der Waals surface area contributed by atoms with Crippen molar-refractivity contribution in [3.63, 3.8) is 0 Å². The summed E-state index contributed by atoms with van der Waals surface area (Å²) in [5, 5.41) is 34.6. The van der Waals surface area contributed by atoms with Gasteiger partial charge in [0.2, 0.25) is 0 Å². The molecular weight excluding hydrogens is 577 g/mol. The van der Waals surface area contributed by atoms with Crippen LogP contribution in [0.5, 0.6) is 11.5 Å². The standard InChI is InChI=1S/C39H46O5Si/c1-28-24-32(25-29(2)38(28)42)36(40)19-13-14-30(26-37(41)31-20-22-33(43-6)23-21-31)27-44-45(39(3,4)5,34-15-9-7-10-16-34)35-17-11-8-12-18-35/h7-13,15-18,20-25,36-37,40-42H,19,26-27H2,1-6H3/t14?,36-,37-/m1/s1. The maximum atomic E-state index is 11.3. The van der Waals surface area contributed by atoms with Gasteiger partial charge in [0, 0.05) is 12.8 Å². The minimum absolute atomic E-state index is 0.204. The lowest BCUT2D eigenvalue weighted by Gasteiger charge is -2.43. The molecule has 45 heavy (non-hydrogen) atoms. The first kappa shape index (κ1) is 34.0. The summed E-state index contributed by atoms with van der Waals surface area (Å²) in [6, 6.07) is 32.0. The van der Waals surface area contributed by atoms with E-state index in [1.165, 1.54) is 10.4 Å². The molecule has 0 aromatic heterocycles. The van der Waals surface area contributed by atoms with Crippen LogP contribution in [0.1, 0.15) is 68.1 Å². The maximum absolute atomic E-state index is 11.3. The second-order valence-corrected chi connectivity index (χ2v) is 17.0. The predicted octanol–water partition coefficient (Wildman–Crippen LogP) is 7.22. The van der Waals surface area contributed by atoms with Gasteiger partial charge in [0.05, 0.1) is 25.9 Å². The van der Waals surface area contributed by atoms with Crippen LogP contribution in [0.25, 0.3) is 0 Å². The molecule has 4 rings (SSSR count). The van der Waals surface area contributed by atoms with Crippen LogP contribution >= 0.6 is 0 Å². The van der Waals surface area contributed by atoms with Crippen LogP contribution in [0.3, 0.4) is 0 Å². The number of methoxy groups -OCH3 is 1. The fourth-order valence-electron chi connectivity index (χ4n) is 5.93. The van der Waals surface area contributed by atoms with Crippen molar-refractivity contribution < 1.29 is 24.5 Å². The summed E-state index contributed by atoms with van der Waals surface area (Å²) >= 11 is 0. The van der Waals surface area contributed by atoms with E-state index in [0.29, 0.717) is 12.8 Å². The number of aliphatic hydroxyl groups excluding tert-OH is 2. The zero-order valence-electron chi connectivity index (χ0n) is 27.2. The van der Waals surface area contributed by atoms with Crippen molar-refractivity contribution in [3.05, 3.63) is 137 Å². The summed E-state index contributed by atoms with van der Waals surface area (Å²) < 4.78 is 12.5. The second-order valence-electron chi connectivity index (χ2n) is 12.7. The van der Waals surface area contributed by atoms with Crippen molar-refractivity contribution in [1.29, 1.82) is 0 Å². The molecule has 6 heteroatoms. The number of hydrogen-bond donors (Lipinski definition) is 3. The lowest BCUT2D eigenvalue weighted by atomic mass is 9.99. The smallest absolute Gasteiger partial charge is 0.261 e. The normalized spacial score (nSPS) is 13.1. The number of rotatable bonds is 12. The Morgan fingerprint density at radius 2 is 1.33 bits per heavy atom. The number of hydrogen-bond acceptors (Lipinski definition) is 5. The molecule has 5 nitrogen and oxygen atoms in total. The summed E-state index contributed by atoms with van der Waals surface area (Å²) in [5.74, 6) is 0.974. The van der Waals surface area contributed by atoms with Gasteiger partial charge in [0.15, 0.2) is 0 Å². The Balaban J connectivity index is 1.71. The summed E-state index contributed by atoms with van der Waals surface area (Å²) in [7, 11) is -1.21. The van der Waals surface area contributed by atoms with E-state index in [0.717, 1.165) is 33.6 Å². The van der Waals surface area contributed by atoms with Crippen molar-refractivity contribution in [2.24, 2.45) is 0 Å². The van der Waals surface area contributed by atoms with Crippen LogP contribution in [0, 0.1) is 13.8 Å². The minimum Gasteiger partial charge on any atom is -0.507 e. The van der Waals surface area contributed by atoms with Gasteiger partial charge in [-0.15, -0.1) is 5.73 Å². The third-order valence-electron chi connectivity index (χ3n) is 8.37. The number of aromatic hydroxyl groups is 1. The SMILES string of the molecule is COc1ccc([C@H](O)CC(=C=CC[C@@H](O)c2cc(C)c(O)c(C)c2)CO[Si](c2ccccc2)(c2ccccc2)C(C)(C)C)cc1. The van der Waals surface area contributed by atoms with E-state index < -0.39 is 20.5 Å². The maximum Gasteiger partial charge on any atom is 0.261 e. The first-order valence-electron chi connectivity index (χ1n) is 15.4. The van der Waals surface area contributed by atoms with E-state index in [4.69, 9.17) is 9.16 Å². The van der Waals surface area contributed by atoms with Crippen LogP contribution in [-0.2, 0) is 4.43 Å². The van der Waals surface area contributed by atoms with E-state index in [-0.39, 0.29) is 17.4 Å². The average molecular weight is 623 g/mol. The Morgan fingerprint density at radius 1 is 0.800 bits per heavy atom. The first-order chi connectivity index (χ1) is 21.5. The molecule has 0 saturated heterocycles. The Hall–Kier alpha value is -3.90. The number of aryl methyl sites for hydroxylation is 2. The largest absolute Gasteiger partial charge is 0.507 e. The zero-order chi connectivity index (χ0) is 32.6. The molecule has 0 aliphatic carbocycles. The molecule has 0 radical (unpaired) electrons. The predicted molar refractivity (Wildman–Crippen MR) is 185 cm³/mol. The van der Waals surface area contributed by atoms with Crippen molar-refractivity contribution in [1.82, 2.24) is 0 Å². The molecule has 4 aromatic rings. The van der Waals surface area contributed by atoms with Gasteiger partial charge in [0.25, 0.3) is 8.32 Å². The van der Waals surface area contributed by atoms with Crippen LogP contribution in [-0.4, -0.2) is 37.4 Å². The Labute approximate surface area is 269 Å². The van der Waals surface area contributed by atoms with Gasteiger partial charge < -0.3 is 24.5 Å². The first-order valence-corrected chi connectivity index (χ1v) is 17.3. The molecule has 0 spiro atoms. The summed E-state index contributed by atoms with van der Waals surface area (Å²) in [5.41, 5.74) is 7.18. The van der Waals surface area contributed by atoms with Crippen molar-refractivity contribution >= 4 is 18.7 Å². The number of phenolic OH excluding ortho intramolecular Hbond substituents is 1. The highest BCUT2D eigenvalue weighted by atomic mass is 28.4. The fraction of sp³-hybridized carbons (Fsp3) is 0.308. The molecule has 0 unspecified atom stereocenters. The molecule has 236 valence electrons. The number of ether oxygens (including phenoxy) is 1. The van der Waals surface area contributed by atoms with Crippen molar-refractivity contribution in [2.75, 3.05) is 13.7 Å². The summed E-state index contributed by atoms with van der Waals surface area (Å²) in [4.78, 5) is 0. The van der Waals surface area contributed by atoms with Crippen LogP contribution < -0.4 is 15.1 Å². The molecule has 3 N–H and O–H groups in total. The quantitative estimate of drug-likeness (QED) is 0.115. The lowest BCUT2D eigenvalue weighted by molar-refractivity contribution is 0.172. The summed E-state index contributed by atoms with van der Waals surface area (Å²) in [6.07, 6.45) is 0.926. The second kappa shape index (κ2) is 14.9. The van der Waals surface area contributed by atoms with Crippen molar-refractivity contribution in [2.45, 2.75) is 64.7 Å². The number of benzene rings is 4. The highest BCUT2D eigenvalue weighted by Gasteiger charge is 2.50. The van der Waals surface area contributed by atoms with Gasteiger partial charge in [0.1, 0.15) is 11.5 Å². The fourth-order valence-corrected chi connectivity index (χ4v) is 10.5. The van der Waals surface area contributed by atoms with Gasteiger partial charge in [-0.05, 0) is 87.4 Å². The van der Waals surface area contributed by atoms with E-state index in [1.807, 2.05) is 68.5 Å². The molecule has 0 bridgehead atoms. The van der Waals surface area contributed by atoms with Gasteiger partial charge in [-0.2, -0.15) is 0 Å². The Morgan fingerprint density at radius 3 is 1.82 bits per heavy atom. The molecule has 0 heterocycles. The van der Waals surface area contributed by atoms with Crippen LogP contribution in [0.15, 0.2) is 114 Å². The zero-order valence-corrected chi connectivity index (χ0v) is 28.2. The minimum atomic E-state index is -2.83. The van der Waals surface area contributed by atoms with E-state index >= 15 is 0 Å². The summed E-state index contributed by atoms with van der Waals surface area (Å²) in [6.45, 7) is 10.6. The molecule has 0 amide bonds. The molecule has 0 saturated carbocycles. The average Bonchev–Trinajstić information content (AvgIpc) is 3.03. The highest BCUT2D eigenvalue weighted by molar-refractivity contribution is 6.99. The van der Waals surface area contributed by atoms with E-state index in [2.05, 4.69) is 75.0 Å². The molecule has 4 aromatic carbocycles. The Kier molecular flexibility index (Phi) is 11.3. The van der Waals surface area contributed by atoms with E-state index in [1.54, 1.807) is 7.11 Å².